The van der Waals surface area contributed by atoms with Crippen molar-refractivity contribution in [1.82, 2.24) is 14.9 Å². The molecule has 0 spiro atoms. The molecule has 0 aliphatic carbocycles. The molecule has 6 nitrogen and oxygen atoms in total. The van der Waals surface area contributed by atoms with Crippen molar-refractivity contribution in [3.05, 3.63) is 78.4 Å². The second kappa shape index (κ2) is 7.68. The summed E-state index contributed by atoms with van der Waals surface area (Å²) in [5.74, 6) is -0.0383. The first-order valence-electron chi connectivity index (χ1n) is 9.41. The first-order valence-corrected chi connectivity index (χ1v) is 9.41. The zero-order valence-corrected chi connectivity index (χ0v) is 15.7. The van der Waals surface area contributed by atoms with Gasteiger partial charge in [-0.25, -0.2) is 4.98 Å². The largest absolute Gasteiger partial charge is 0.346 e. The second-order valence-electron chi connectivity index (χ2n) is 6.96. The van der Waals surface area contributed by atoms with Gasteiger partial charge in [0.25, 0.3) is 5.91 Å². The van der Waals surface area contributed by atoms with Gasteiger partial charge >= 0.3 is 0 Å². The van der Waals surface area contributed by atoms with E-state index in [-0.39, 0.29) is 17.9 Å². The number of anilines is 1. The minimum Gasteiger partial charge on any atom is -0.346 e. The number of benzene rings is 2. The Balaban J connectivity index is 1.45. The fourth-order valence-electron chi connectivity index (χ4n) is 3.45. The van der Waals surface area contributed by atoms with Crippen LogP contribution in [-0.4, -0.2) is 27.9 Å². The lowest BCUT2D eigenvalue weighted by Gasteiger charge is -2.18. The average Bonchev–Trinajstić information content (AvgIpc) is 3.40. The minimum atomic E-state index is -0.153. The van der Waals surface area contributed by atoms with Crippen LogP contribution in [0.1, 0.15) is 41.7 Å². The van der Waals surface area contributed by atoms with Crippen molar-refractivity contribution in [2.45, 2.75) is 25.8 Å². The maximum Gasteiger partial charge on any atom is 0.251 e. The first-order chi connectivity index (χ1) is 13.6. The van der Waals surface area contributed by atoms with Gasteiger partial charge in [0.15, 0.2) is 0 Å². The molecule has 2 heterocycles. The Kier molecular flexibility index (Phi) is 4.93. The predicted octanol–water partition coefficient (Wildman–Crippen LogP) is 3.49. The lowest BCUT2D eigenvalue weighted by atomic mass is 10.1. The zero-order valence-electron chi connectivity index (χ0n) is 15.7. The van der Waals surface area contributed by atoms with Crippen molar-refractivity contribution >= 4 is 17.5 Å². The Bertz CT molecular complexity index is 980. The molecule has 2 aromatic carbocycles. The highest BCUT2D eigenvalue weighted by atomic mass is 16.2. The van der Waals surface area contributed by atoms with E-state index < -0.39 is 0 Å². The molecular weight excluding hydrogens is 352 g/mol. The maximum absolute atomic E-state index is 12.7. The van der Waals surface area contributed by atoms with Gasteiger partial charge in [0, 0.05) is 42.3 Å². The highest BCUT2D eigenvalue weighted by Gasteiger charge is 2.22. The van der Waals surface area contributed by atoms with Gasteiger partial charge in [-0.05, 0) is 49.2 Å². The van der Waals surface area contributed by atoms with Crippen LogP contribution in [0.15, 0.2) is 67.3 Å². The molecule has 4 rings (SSSR count). The molecule has 3 aromatic rings. The Morgan fingerprint density at radius 2 is 1.96 bits per heavy atom. The van der Waals surface area contributed by atoms with Crippen LogP contribution in [0.25, 0.3) is 5.69 Å². The predicted molar refractivity (Wildman–Crippen MR) is 107 cm³/mol. The van der Waals surface area contributed by atoms with E-state index in [1.54, 1.807) is 29.6 Å². The molecule has 6 heteroatoms. The van der Waals surface area contributed by atoms with E-state index in [4.69, 9.17) is 0 Å². The monoisotopic (exact) mass is 374 g/mol. The molecular formula is C22H22N4O2. The number of rotatable bonds is 5. The van der Waals surface area contributed by atoms with Crippen LogP contribution < -0.4 is 10.2 Å². The summed E-state index contributed by atoms with van der Waals surface area (Å²) in [5.41, 5.74) is 3.37. The number of nitrogens with one attached hydrogen (secondary N) is 1. The van der Waals surface area contributed by atoms with Gasteiger partial charge in [0.1, 0.15) is 0 Å². The van der Waals surface area contributed by atoms with Crippen molar-refractivity contribution in [3.8, 4) is 5.69 Å². The Hall–Kier alpha value is -3.41. The van der Waals surface area contributed by atoms with Crippen molar-refractivity contribution < 1.29 is 9.59 Å². The molecule has 1 atom stereocenters. The van der Waals surface area contributed by atoms with E-state index in [1.165, 1.54) is 0 Å². The van der Waals surface area contributed by atoms with Gasteiger partial charge in [0.2, 0.25) is 5.91 Å². The fraction of sp³-hybridized carbons (Fsp3) is 0.227. The van der Waals surface area contributed by atoms with Gasteiger partial charge in [-0.1, -0.05) is 18.2 Å². The zero-order chi connectivity index (χ0) is 19.5. The molecule has 1 saturated heterocycles. The fourth-order valence-corrected chi connectivity index (χ4v) is 3.45. The number of imidazole rings is 1. The summed E-state index contributed by atoms with van der Waals surface area (Å²) in [7, 11) is 0. The summed E-state index contributed by atoms with van der Waals surface area (Å²) in [4.78, 5) is 30.5. The molecule has 0 unspecified atom stereocenters. The number of carbonyl (C=O) groups is 2. The molecule has 1 aliphatic rings. The highest BCUT2D eigenvalue weighted by Crippen LogP contribution is 2.23. The van der Waals surface area contributed by atoms with E-state index in [0.29, 0.717) is 18.5 Å². The Morgan fingerprint density at radius 3 is 2.64 bits per heavy atom. The van der Waals surface area contributed by atoms with Crippen molar-refractivity contribution in [2.24, 2.45) is 0 Å². The molecule has 1 fully saturated rings. The molecule has 0 bridgehead atoms. The minimum absolute atomic E-state index is 0.115. The van der Waals surface area contributed by atoms with Crippen LogP contribution in [0, 0.1) is 0 Å². The van der Waals surface area contributed by atoms with E-state index in [9.17, 15) is 9.59 Å². The molecule has 1 aromatic heterocycles. The topological polar surface area (TPSA) is 67.2 Å². The molecule has 0 radical (unpaired) electrons. The Labute approximate surface area is 163 Å². The summed E-state index contributed by atoms with van der Waals surface area (Å²) in [5, 5.41) is 3.03. The van der Waals surface area contributed by atoms with Crippen LogP contribution in [-0.2, 0) is 4.79 Å². The van der Waals surface area contributed by atoms with Crippen LogP contribution in [0.5, 0.6) is 0 Å². The van der Waals surface area contributed by atoms with Gasteiger partial charge in [0.05, 0.1) is 12.4 Å². The van der Waals surface area contributed by atoms with Crippen molar-refractivity contribution in [3.63, 3.8) is 0 Å². The van der Waals surface area contributed by atoms with Gasteiger partial charge in [-0.2, -0.15) is 0 Å². The molecule has 142 valence electrons. The number of carbonyl (C=O) groups excluding carboxylic acids is 2. The first kappa shape index (κ1) is 18.0. The van der Waals surface area contributed by atoms with E-state index in [0.717, 1.165) is 23.4 Å². The summed E-state index contributed by atoms with van der Waals surface area (Å²) in [6, 6.07) is 15.1. The summed E-state index contributed by atoms with van der Waals surface area (Å²) in [6.07, 6.45) is 6.81. The van der Waals surface area contributed by atoms with E-state index in [1.807, 2.05) is 54.1 Å². The van der Waals surface area contributed by atoms with Crippen LogP contribution in [0.4, 0.5) is 5.69 Å². The van der Waals surface area contributed by atoms with Crippen LogP contribution >= 0.6 is 0 Å². The molecule has 2 amide bonds. The third kappa shape index (κ3) is 3.67. The summed E-state index contributed by atoms with van der Waals surface area (Å²) >= 11 is 0. The highest BCUT2D eigenvalue weighted by molar-refractivity contribution is 5.99. The van der Waals surface area contributed by atoms with Gasteiger partial charge in [-0.3, -0.25) is 9.59 Å². The van der Waals surface area contributed by atoms with Crippen molar-refractivity contribution in [2.75, 3.05) is 11.4 Å². The number of aromatic nitrogens is 2. The quantitative estimate of drug-likeness (QED) is 0.743. The second-order valence-corrected chi connectivity index (χ2v) is 6.96. The summed E-state index contributed by atoms with van der Waals surface area (Å²) < 4.78 is 1.93. The third-order valence-electron chi connectivity index (χ3n) is 5.04. The Morgan fingerprint density at radius 1 is 1.14 bits per heavy atom. The number of hydrogen-bond donors (Lipinski definition) is 1. The van der Waals surface area contributed by atoms with Gasteiger partial charge in [-0.15, -0.1) is 0 Å². The van der Waals surface area contributed by atoms with Crippen molar-refractivity contribution in [1.29, 1.82) is 0 Å². The number of amides is 2. The average molecular weight is 374 g/mol. The lowest BCUT2D eigenvalue weighted by molar-refractivity contribution is -0.117. The molecule has 28 heavy (non-hydrogen) atoms. The van der Waals surface area contributed by atoms with E-state index >= 15 is 0 Å². The number of hydrogen-bond acceptors (Lipinski definition) is 3. The number of nitrogens with zero attached hydrogens (tertiary/aromatic N) is 3. The van der Waals surface area contributed by atoms with Gasteiger partial charge < -0.3 is 14.8 Å². The molecule has 1 aliphatic heterocycles. The third-order valence-corrected chi connectivity index (χ3v) is 5.04. The standard InChI is InChI=1S/C22H22N4O2/c1-16(17-7-9-19(10-8-17)25-13-11-23-15-25)24-22(28)18-4-2-5-20(14-18)26-12-3-6-21(26)27/h2,4-5,7-11,13-16H,3,6,12H2,1H3,(H,24,28)/t16-/m0/s1. The SMILES string of the molecule is C[C@H](NC(=O)c1cccc(N2CCCC2=O)c1)c1ccc(-n2ccnc2)cc1. The summed E-state index contributed by atoms with van der Waals surface area (Å²) in [6.45, 7) is 2.67. The normalized spacial score (nSPS) is 14.9. The maximum atomic E-state index is 12.7. The molecule has 0 saturated carbocycles. The smallest absolute Gasteiger partial charge is 0.251 e. The van der Waals surface area contributed by atoms with E-state index in [2.05, 4.69) is 10.3 Å². The van der Waals surface area contributed by atoms with Crippen LogP contribution in [0.2, 0.25) is 0 Å². The molecule has 1 N–H and O–H groups in total. The van der Waals surface area contributed by atoms with Crippen LogP contribution in [0.3, 0.4) is 0 Å². The lowest BCUT2D eigenvalue weighted by Crippen LogP contribution is -2.27.